The fourth-order valence-corrected chi connectivity index (χ4v) is 1.38. The summed E-state index contributed by atoms with van der Waals surface area (Å²) in [6, 6.07) is 0. The van der Waals surface area contributed by atoms with Crippen molar-refractivity contribution in [3.63, 3.8) is 0 Å². The molecule has 0 heterocycles. The first-order chi connectivity index (χ1) is 7.58. The van der Waals surface area contributed by atoms with Gasteiger partial charge in [-0.25, -0.2) is 0 Å². The molecule has 16 heavy (non-hydrogen) atoms. The van der Waals surface area contributed by atoms with Crippen molar-refractivity contribution in [2.24, 2.45) is 0 Å². The Morgan fingerprint density at radius 1 is 1.38 bits per heavy atom. The molecule has 0 saturated heterocycles. The van der Waals surface area contributed by atoms with Gasteiger partial charge in [-0.05, 0) is 26.2 Å². The second-order valence-electron chi connectivity index (χ2n) is 4.30. The highest BCUT2D eigenvalue weighted by Gasteiger charge is 2.23. The number of carbonyl (C=O) groups is 1. The molecule has 0 aromatic carbocycles. The van der Waals surface area contributed by atoms with Crippen LogP contribution in [-0.4, -0.2) is 36.4 Å². The van der Waals surface area contributed by atoms with E-state index in [-0.39, 0.29) is 18.1 Å². The second-order valence-corrected chi connectivity index (χ2v) is 4.30. The summed E-state index contributed by atoms with van der Waals surface area (Å²) in [6.07, 6.45) is 2.76. The van der Waals surface area contributed by atoms with Crippen LogP contribution in [0.4, 0.5) is 0 Å². The summed E-state index contributed by atoms with van der Waals surface area (Å²) in [4.78, 5) is 11.6. The average molecular weight is 231 g/mol. The summed E-state index contributed by atoms with van der Waals surface area (Å²) >= 11 is 0. The Morgan fingerprint density at radius 2 is 2.06 bits per heavy atom. The van der Waals surface area contributed by atoms with Crippen molar-refractivity contribution < 1.29 is 14.6 Å². The molecule has 1 atom stereocenters. The van der Waals surface area contributed by atoms with E-state index in [1.165, 1.54) is 0 Å². The first kappa shape index (κ1) is 15.4. The number of hydrogen-bond donors (Lipinski definition) is 2. The monoisotopic (exact) mass is 231 g/mol. The van der Waals surface area contributed by atoms with Crippen LogP contribution in [0.15, 0.2) is 0 Å². The van der Waals surface area contributed by atoms with Gasteiger partial charge >= 0.3 is 0 Å². The van der Waals surface area contributed by atoms with Crippen molar-refractivity contribution in [1.82, 2.24) is 5.32 Å². The Kier molecular flexibility index (Phi) is 8.21. The van der Waals surface area contributed by atoms with E-state index in [9.17, 15) is 4.79 Å². The molecule has 0 fully saturated rings. The zero-order valence-corrected chi connectivity index (χ0v) is 10.7. The van der Waals surface area contributed by atoms with Gasteiger partial charge in [0.25, 0.3) is 0 Å². The zero-order valence-electron chi connectivity index (χ0n) is 10.7. The van der Waals surface area contributed by atoms with E-state index in [2.05, 4.69) is 5.32 Å². The molecule has 0 spiro atoms. The molecule has 4 heteroatoms. The first-order valence-corrected chi connectivity index (χ1v) is 6.07. The van der Waals surface area contributed by atoms with Gasteiger partial charge in [-0.3, -0.25) is 4.79 Å². The SMILES string of the molecule is CCCOCCC(=O)NC(C)(CC)CCO. The lowest BCUT2D eigenvalue weighted by atomic mass is 9.95. The van der Waals surface area contributed by atoms with Crippen LogP contribution in [0.25, 0.3) is 0 Å². The average Bonchev–Trinajstić information content (AvgIpc) is 2.25. The van der Waals surface area contributed by atoms with Crippen LogP contribution in [0.5, 0.6) is 0 Å². The predicted molar refractivity (Wildman–Crippen MR) is 64.3 cm³/mol. The minimum atomic E-state index is -0.295. The van der Waals surface area contributed by atoms with Crippen molar-refractivity contribution in [3.05, 3.63) is 0 Å². The molecule has 0 aromatic heterocycles. The summed E-state index contributed by atoms with van der Waals surface area (Å²) in [5.74, 6) is -0.00565. The van der Waals surface area contributed by atoms with E-state index in [0.717, 1.165) is 12.8 Å². The smallest absolute Gasteiger partial charge is 0.222 e. The Bertz CT molecular complexity index is 197. The third kappa shape index (κ3) is 6.80. The van der Waals surface area contributed by atoms with Crippen LogP contribution in [0.1, 0.15) is 46.5 Å². The lowest BCUT2D eigenvalue weighted by molar-refractivity contribution is -0.124. The molecule has 0 saturated carbocycles. The van der Waals surface area contributed by atoms with E-state index in [4.69, 9.17) is 9.84 Å². The first-order valence-electron chi connectivity index (χ1n) is 6.07. The van der Waals surface area contributed by atoms with Crippen LogP contribution < -0.4 is 5.32 Å². The molecule has 0 aromatic rings. The number of nitrogens with one attached hydrogen (secondary N) is 1. The molecule has 2 N–H and O–H groups in total. The molecule has 0 radical (unpaired) electrons. The third-order valence-electron chi connectivity index (χ3n) is 2.71. The Hall–Kier alpha value is -0.610. The fraction of sp³-hybridized carbons (Fsp3) is 0.917. The van der Waals surface area contributed by atoms with Crippen molar-refractivity contribution in [2.75, 3.05) is 19.8 Å². The maximum absolute atomic E-state index is 11.6. The Morgan fingerprint density at radius 3 is 2.56 bits per heavy atom. The lowest BCUT2D eigenvalue weighted by Gasteiger charge is -2.29. The summed E-state index contributed by atoms with van der Waals surface area (Å²) in [7, 11) is 0. The van der Waals surface area contributed by atoms with Gasteiger partial charge in [-0.15, -0.1) is 0 Å². The zero-order chi connectivity index (χ0) is 12.4. The molecule has 0 aliphatic carbocycles. The summed E-state index contributed by atoms with van der Waals surface area (Å²) < 4.78 is 5.25. The van der Waals surface area contributed by atoms with Crippen LogP contribution in [-0.2, 0) is 9.53 Å². The van der Waals surface area contributed by atoms with Gasteiger partial charge in [0.05, 0.1) is 6.61 Å². The topological polar surface area (TPSA) is 58.6 Å². The van der Waals surface area contributed by atoms with Gasteiger partial charge in [0, 0.05) is 25.2 Å². The molecule has 0 bridgehead atoms. The van der Waals surface area contributed by atoms with Crippen LogP contribution >= 0.6 is 0 Å². The molecular weight excluding hydrogens is 206 g/mol. The summed E-state index contributed by atoms with van der Waals surface area (Å²) in [5.41, 5.74) is -0.295. The van der Waals surface area contributed by atoms with Crippen LogP contribution in [0.3, 0.4) is 0 Å². The van der Waals surface area contributed by atoms with Gasteiger partial charge in [0.15, 0.2) is 0 Å². The van der Waals surface area contributed by atoms with Gasteiger partial charge < -0.3 is 15.2 Å². The lowest BCUT2D eigenvalue weighted by Crippen LogP contribution is -2.46. The number of aliphatic hydroxyl groups is 1. The summed E-state index contributed by atoms with van der Waals surface area (Å²) in [5, 5.41) is 11.9. The largest absolute Gasteiger partial charge is 0.396 e. The van der Waals surface area contributed by atoms with E-state index in [1.54, 1.807) is 0 Å². The molecule has 0 aliphatic rings. The standard InChI is InChI=1S/C12H25NO3/c1-4-9-16-10-6-11(15)13-12(3,5-2)7-8-14/h14H,4-10H2,1-3H3,(H,13,15). The highest BCUT2D eigenvalue weighted by Crippen LogP contribution is 2.13. The number of ether oxygens (including phenoxy) is 1. The van der Waals surface area contributed by atoms with Crippen molar-refractivity contribution >= 4 is 5.91 Å². The summed E-state index contributed by atoms with van der Waals surface area (Å²) in [6.45, 7) is 7.26. The van der Waals surface area contributed by atoms with Crippen molar-refractivity contribution in [1.29, 1.82) is 0 Å². The van der Waals surface area contributed by atoms with Gasteiger partial charge in [-0.1, -0.05) is 13.8 Å². The van der Waals surface area contributed by atoms with E-state index in [0.29, 0.717) is 26.1 Å². The maximum atomic E-state index is 11.6. The third-order valence-corrected chi connectivity index (χ3v) is 2.71. The van der Waals surface area contributed by atoms with E-state index in [1.807, 2.05) is 20.8 Å². The molecule has 4 nitrogen and oxygen atoms in total. The van der Waals surface area contributed by atoms with Gasteiger partial charge in [0.1, 0.15) is 0 Å². The number of hydrogen-bond acceptors (Lipinski definition) is 3. The number of carbonyl (C=O) groups excluding carboxylic acids is 1. The Balaban J connectivity index is 3.82. The minimum absolute atomic E-state index is 0.00565. The molecule has 96 valence electrons. The maximum Gasteiger partial charge on any atom is 0.222 e. The van der Waals surface area contributed by atoms with E-state index < -0.39 is 0 Å². The number of aliphatic hydroxyl groups excluding tert-OH is 1. The predicted octanol–water partition coefficient (Wildman–Crippen LogP) is 1.47. The molecule has 1 unspecified atom stereocenters. The minimum Gasteiger partial charge on any atom is -0.396 e. The van der Waals surface area contributed by atoms with Crippen LogP contribution in [0.2, 0.25) is 0 Å². The normalized spacial score (nSPS) is 14.5. The van der Waals surface area contributed by atoms with Gasteiger partial charge in [-0.2, -0.15) is 0 Å². The number of amides is 1. The molecule has 0 rings (SSSR count). The van der Waals surface area contributed by atoms with Crippen molar-refractivity contribution in [3.8, 4) is 0 Å². The van der Waals surface area contributed by atoms with E-state index >= 15 is 0 Å². The fourth-order valence-electron chi connectivity index (χ4n) is 1.38. The second kappa shape index (κ2) is 8.53. The quantitative estimate of drug-likeness (QED) is 0.591. The van der Waals surface area contributed by atoms with Gasteiger partial charge in [0.2, 0.25) is 5.91 Å². The number of rotatable bonds is 9. The highest BCUT2D eigenvalue weighted by atomic mass is 16.5. The molecule has 0 aliphatic heterocycles. The van der Waals surface area contributed by atoms with Crippen molar-refractivity contribution in [2.45, 2.75) is 52.0 Å². The molecular formula is C12H25NO3. The van der Waals surface area contributed by atoms with Crippen LogP contribution in [0, 0.1) is 0 Å². The molecule has 1 amide bonds. The highest BCUT2D eigenvalue weighted by molar-refractivity contribution is 5.76. The Labute approximate surface area is 98.4 Å².